The first-order chi connectivity index (χ1) is 5.27. The number of hydrogen-bond donors (Lipinski definition) is 1. The van der Waals surface area contributed by atoms with E-state index in [9.17, 15) is 4.79 Å². The zero-order valence-corrected chi connectivity index (χ0v) is 6.32. The molecule has 0 aromatic heterocycles. The van der Waals surface area contributed by atoms with Crippen LogP contribution in [0.2, 0.25) is 0 Å². The van der Waals surface area contributed by atoms with Crippen LogP contribution in [0.3, 0.4) is 0 Å². The maximum absolute atomic E-state index is 10.4. The van der Waals surface area contributed by atoms with Gasteiger partial charge in [0.15, 0.2) is 0 Å². The maximum atomic E-state index is 10.4. The van der Waals surface area contributed by atoms with Crippen molar-refractivity contribution in [1.82, 2.24) is 0 Å². The van der Waals surface area contributed by atoms with Gasteiger partial charge in [-0.15, -0.1) is 0 Å². The molecule has 62 valence electrons. The Morgan fingerprint density at radius 1 is 1.55 bits per heavy atom. The molecular weight excluding hydrogens is 144 g/mol. The zero-order valence-electron chi connectivity index (χ0n) is 6.32. The molecule has 2 aliphatic rings. The number of carboxylic acids is 1. The lowest BCUT2D eigenvalue weighted by molar-refractivity contribution is -0.140. The first kappa shape index (κ1) is 7.10. The summed E-state index contributed by atoms with van der Waals surface area (Å²) >= 11 is 0. The van der Waals surface area contributed by atoms with E-state index in [-0.39, 0.29) is 0 Å². The van der Waals surface area contributed by atoms with E-state index in [0.717, 1.165) is 19.6 Å². The number of hydrogen-bond acceptors (Lipinski definition) is 2. The zero-order chi connectivity index (χ0) is 7.84. The van der Waals surface area contributed by atoms with Crippen molar-refractivity contribution in [2.75, 3.05) is 13.2 Å². The molecule has 1 saturated carbocycles. The van der Waals surface area contributed by atoms with Gasteiger partial charge in [-0.1, -0.05) is 0 Å². The summed E-state index contributed by atoms with van der Waals surface area (Å²) < 4.78 is 5.25. The molecule has 3 atom stereocenters. The Balaban J connectivity index is 1.85. The first-order valence-corrected chi connectivity index (χ1v) is 4.07. The molecule has 1 aliphatic heterocycles. The van der Waals surface area contributed by atoms with Crippen LogP contribution in [-0.4, -0.2) is 24.3 Å². The molecule has 1 N–H and O–H groups in total. The van der Waals surface area contributed by atoms with Crippen molar-refractivity contribution < 1.29 is 14.6 Å². The van der Waals surface area contributed by atoms with E-state index in [2.05, 4.69) is 0 Å². The van der Waals surface area contributed by atoms with Gasteiger partial charge in [0.25, 0.3) is 0 Å². The average Bonchev–Trinajstić information content (AvgIpc) is 2.26. The minimum Gasteiger partial charge on any atom is -0.481 e. The Hall–Kier alpha value is -0.570. The quantitative estimate of drug-likeness (QED) is 0.641. The SMILES string of the molecule is O=C(O)CC1CC2COCC21. The van der Waals surface area contributed by atoms with Crippen molar-refractivity contribution in [2.24, 2.45) is 17.8 Å². The van der Waals surface area contributed by atoms with Crippen molar-refractivity contribution in [3.05, 3.63) is 0 Å². The third kappa shape index (κ3) is 1.13. The molecule has 3 heteroatoms. The Morgan fingerprint density at radius 2 is 2.36 bits per heavy atom. The van der Waals surface area contributed by atoms with Crippen LogP contribution < -0.4 is 0 Å². The molecule has 3 unspecified atom stereocenters. The summed E-state index contributed by atoms with van der Waals surface area (Å²) in [5.74, 6) is 0.978. The largest absolute Gasteiger partial charge is 0.481 e. The minimum absolute atomic E-state index is 0.338. The summed E-state index contributed by atoms with van der Waals surface area (Å²) in [5, 5.41) is 8.53. The van der Waals surface area contributed by atoms with Gasteiger partial charge in [-0.25, -0.2) is 0 Å². The molecule has 3 nitrogen and oxygen atoms in total. The van der Waals surface area contributed by atoms with Crippen molar-refractivity contribution in [1.29, 1.82) is 0 Å². The van der Waals surface area contributed by atoms with Gasteiger partial charge in [-0.05, 0) is 24.2 Å². The Kier molecular flexibility index (Phi) is 1.60. The monoisotopic (exact) mass is 156 g/mol. The van der Waals surface area contributed by atoms with Crippen molar-refractivity contribution in [3.63, 3.8) is 0 Å². The van der Waals surface area contributed by atoms with Crippen LogP contribution in [0.5, 0.6) is 0 Å². The van der Waals surface area contributed by atoms with Crippen LogP contribution in [0.1, 0.15) is 12.8 Å². The highest BCUT2D eigenvalue weighted by atomic mass is 16.5. The fraction of sp³-hybridized carbons (Fsp3) is 0.875. The molecule has 1 aliphatic carbocycles. The van der Waals surface area contributed by atoms with Gasteiger partial charge in [-0.3, -0.25) is 4.79 Å². The third-order valence-corrected chi connectivity index (χ3v) is 2.90. The normalized spacial score (nSPS) is 41.3. The third-order valence-electron chi connectivity index (χ3n) is 2.90. The van der Waals surface area contributed by atoms with Gasteiger partial charge in [0.2, 0.25) is 0 Å². The highest BCUT2D eigenvalue weighted by Gasteiger charge is 2.45. The maximum Gasteiger partial charge on any atom is 0.303 e. The van der Waals surface area contributed by atoms with Crippen LogP contribution in [0.4, 0.5) is 0 Å². The standard InChI is InChI=1S/C8H12O3/c9-8(10)2-5-1-6-3-11-4-7(5)6/h5-7H,1-4H2,(H,9,10). The predicted octanol–water partition coefficient (Wildman–Crippen LogP) is 0.744. The van der Waals surface area contributed by atoms with Gasteiger partial charge in [0.05, 0.1) is 6.61 Å². The van der Waals surface area contributed by atoms with Crippen LogP contribution in [0, 0.1) is 17.8 Å². The molecule has 11 heavy (non-hydrogen) atoms. The van der Waals surface area contributed by atoms with Crippen LogP contribution in [0.15, 0.2) is 0 Å². The highest BCUT2D eigenvalue weighted by molar-refractivity contribution is 5.67. The lowest BCUT2D eigenvalue weighted by Gasteiger charge is -2.37. The van der Waals surface area contributed by atoms with Gasteiger partial charge in [0, 0.05) is 13.0 Å². The summed E-state index contributed by atoms with van der Waals surface area (Å²) in [7, 11) is 0. The molecule has 0 bridgehead atoms. The molecule has 0 radical (unpaired) electrons. The molecular formula is C8H12O3. The topological polar surface area (TPSA) is 46.5 Å². The molecule has 0 aromatic carbocycles. The van der Waals surface area contributed by atoms with E-state index >= 15 is 0 Å². The van der Waals surface area contributed by atoms with Crippen LogP contribution >= 0.6 is 0 Å². The van der Waals surface area contributed by atoms with Crippen LogP contribution in [0.25, 0.3) is 0 Å². The molecule has 2 rings (SSSR count). The second-order valence-corrected chi connectivity index (χ2v) is 3.56. The van der Waals surface area contributed by atoms with Crippen molar-refractivity contribution in [2.45, 2.75) is 12.8 Å². The van der Waals surface area contributed by atoms with Crippen molar-refractivity contribution >= 4 is 5.97 Å². The number of ether oxygens (including phenoxy) is 1. The minimum atomic E-state index is -0.666. The number of carbonyl (C=O) groups is 1. The second kappa shape index (κ2) is 2.48. The lowest BCUT2D eigenvalue weighted by Crippen LogP contribution is -2.36. The van der Waals surface area contributed by atoms with E-state index in [1.54, 1.807) is 0 Å². The molecule has 2 fully saturated rings. The summed E-state index contributed by atoms with van der Waals surface area (Å²) in [4.78, 5) is 10.4. The van der Waals surface area contributed by atoms with Gasteiger partial charge < -0.3 is 9.84 Å². The summed E-state index contributed by atoms with van der Waals surface area (Å²) in [6, 6.07) is 0. The number of rotatable bonds is 2. The van der Waals surface area contributed by atoms with E-state index in [1.807, 2.05) is 0 Å². The smallest absolute Gasteiger partial charge is 0.303 e. The Morgan fingerprint density at radius 3 is 3.00 bits per heavy atom. The van der Waals surface area contributed by atoms with Crippen molar-refractivity contribution in [3.8, 4) is 0 Å². The fourth-order valence-electron chi connectivity index (χ4n) is 2.21. The molecule has 1 saturated heterocycles. The summed E-state index contributed by atoms with van der Waals surface area (Å²) in [6.45, 7) is 1.66. The van der Waals surface area contributed by atoms with Gasteiger partial charge in [0.1, 0.15) is 0 Å². The van der Waals surface area contributed by atoms with E-state index in [4.69, 9.17) is 9.84 Å². The first-order valence-electron chi connectivity index (χ1n) is 4.07. The summed E-state index contributed by atoms with van der Waals surface area (Å²) in [5.41, 5.74) is 0. The molecule has 0 aromatic rings. The number of aliphatic carboxylic acids is 1. The van der Waals surface area contributed by atoms with Crippen LogP contribution in [-0.2, 0) is 9.53 Å². The highest BCUT2D eigenvalue weighted by Crippen LogP contribution is 2.46. The van der Waals surface area contributed by atoms with E-state index in [0.29, 0.717) is 24.2 Å². The van der Waals surface area contributed by atoms with E-state index < -0.39 is 5.97 Å². The summed E-state index contributed by atoms with van der Waals surface area (Å²) in [6.07, 6.45) is 1.40. The fourth-order valence-corrected chi connectivity index (χ4v) is 2.21. The lowest BCUT2D eigenvalue weighted by atomic mass is 9.65. The van der Waals surface area contributed by atoms with E-state index in [1.165, 1.54) is 0 Å². The number of fused-ring (bicyclic) bond motifs is 1. The van der Waals surface area contributed by atoms with Gasteiger partial charge >= 0.3 is 5.97 Å². The second-order valence-electron chi connectivity index (χ2n) is 3.56. The predicted molar refractivity (Wildman–Crippen MR) is 38.2 cm³/mol. The van der Waals surface area contributed by atoms with Gasteiger partial charge in [-0.2, -0.15) is 0 Å². The number of carboxylic acid groups (broad SMARTS) is 1. The molecule has 0 spiro atoms. The molecule has 1 heterocycles. The Bertz CT molecular complexity index is 178. The Labute approximate surface area is 65.4 Å². The molecule has 0 amide bonds. The average molecular weight is 156 g/mol.